The second-order valence-corrected chi connectivity index (χ2v) is 8.41. The van der Waals surface area contributed by atoms with Crippen LogP contribution in [-0.2, 0) is 20.7 Å². The number of para-hydroxylation sites is 1. The van der Waals surface area contributed by atoms with E-state index < -0.39 is 12.0 Å². The second-order valence-electron chi connectivity index (χ2n) is 7.46. The van der Waals surface area contributed by atoms with E-state index in [0.717, 1.165) is 16.8 Å². The quantitative estimate of drug-likeness (QED) is 0.294. The standard InChI is InChI=1S/C26H24N4O3S/c1-33-25(32)22(17-19-11-5-2-6-12-19)27-23(31)18-34-26-29-28-24(20-13-7-3-8-14-20)30(26)21-15-9-4-10-16-21/h2-16,22H,17-18H2,1H3,(H,27,31)/t22-/m1/s1. The van der Waals surface area contributed by atoms with E-state index in [4.69, 9.17) is 4.74 Å². The number of carbonyl (C=O) groups is 2. The molecule has 1 aromatic heterocycles. The third-order valence-electron chi connectivity index (χ3n) is 5.12. The average molecular weight is 473 g/mol. The summed E-state index contributed by atoms with van der Waals surface area (Å²) in [5.41, 5.74) is 2.75. The van der Waals surface area contributed by atoms with Gasteiger partial charge in [-0.25, -0.2) is 4.79 Å². The topological polar surface area (TPSA) is 86.1 Å². The Balaban J connectivity index is 1.51. The third-order valence-corrected chi connectivity index (χ3v) is 6.04. The van der Waals surface area contributed by atoms with Crippen molar-refractivity contribution >= 4 is 23.6 Å². The van der Waals surface area contributed by atoms with Gasteiger partial charge in [0.05, 0.1) is 12.9 Å². The van der Waals surface area contributed by atoms with Crippen molar-refractivity contribution in [3.8, 4) is 17.1 Å². The number of nitrogens with zero attached hydrogens (tertiary/aromatic N) is 3. The zero-order valence-corrected chi connectivity index (χ0v) is 19.4. The minimum atomic E-state index is -0.771. The van der Waals surface area contributed by atoms with Crippen molar-refractivity contribution in [2.24, 2.45) is 0 Å². The highest BCUT2D eigenvalue weighted by atomic mass is 32.2. The van der Waals surface area contributed by atoms with Gasteiger partial charge >= 0.3 is 5.97 Å². The minimum absolute atomic E-state index is 0.0715. The number of carbonyl (C=O) groups excluding carboxylic acids is 2. The summed E-state index contributed by atoms with van der Waals surface area (Å²) in [6.07, 6.45) is 0.349. The number of methoxy groups -OCH3 is 1. The number of hydrogen-bond acceptors (Lipinski definition) is 6. The van der Waals surface area contributed by atoms with E-state index in [1.165, 1.54) is 18.9 Å². The molecule has 1 heterocycles. The van der Waals surface area contributed by atoms with Gasteiger partial charge in [-0.15, -0.1) is 10.2 Å². The molecule has 0 aliphatic heterocycles. The van der Waals surface area contributed by atoms with Gasteiger partial charge in [0.15, 0.2) is 11.0 Å². The van der Waals surface area contributed by atoms with Gasteiger partial charge < -0.3 is 10.1 Å². The van der Waals surface area contributed by atoms with Crippen LogP contribution in [0.3, 0.4) is 0 Å². The van der Waals surface area contributed by atoms with Crippen LogP contribution < -0.4 is 5.32 Å². The SMILES string of the molecule is COC(=O)[C@@H](Cc1ccccc1)NC(=O)CSc1nnc(-c2ccccc2)n1-c1ccccc1. The summed E-state index contributed by atoms with van der Waals surface area (Å²) in [5.74, 6) is -0.0189. The van der Waals surface area contributed by atoms with Gasteiger partial charge in [0.1, 0.15) is 6.04 Å². The molecule has 0 bridgehead atoms. The first-order chi connectivity index (χ1) is 16.7. The van der Waals surface area contributed by atoms with Crippen LogP contribution >= 0.6 is 11.8 Å². The van der Waals surface area contributed by atoms with E-state index in [-0.39, 0.29) is 11.7 Å². The van der Waals surface area contributed by atoms with Gasteiger partial charge in [-0.3, -0.25) is 9.36 Å². The molecule has 0 aliphatic rings. The van der Waals surface area contributed by atoms with Crippen molar-refractivity contribution in [1.29, 1.82) is 0 Å². The molecule has 8 heteroatoms. The molecule has 0 unspecified atom stereocenters. The highest BCUT2D eigenvalue weighted by Gasteiger charge is 2.23. The lowest BCUT2D eigenvalue weighted by Gasteiger charge is -2.16. The Labute approximate surface area is 202 Å². The number of thioether (sulfide) groups is 1. The number of rotatable bonds is 9. The number of nitrogens with one attached hydrogen (secondary N) is 1. The number of esters is 1. The number of hydrogen-bond donors (Lipinski definition) is 1. The molecule has 1 amide bonds. The van der Waals surface area contributed by atoms with Crippen LogP contribution in [0.2, 0.25) is 0 Å². The number of benzene rings is 3. The van der Waals surface area contributed by atoms with Crippen molar-refractivity contribution in [3.63, 3.8) is 0 Å². The molecule has 7 nitrogen and oxygen atoms in total. The molecule has 34 heavy (non-hydrogen) atoms. The predicted molar refractivity (Wildman–Crippen MR) is 132 cm³/mol. The fourth-order valence-corrected chi connectivity index (χ4v) is 4.26. The fraction of sp³-hybridized carbons (Fsp3) is 0.154. The molecule has 0 aliphatic carbocycles. The Kier molecular flexibility index (Phi) is 7.72. The van der Waals surface area contributed by atoms with Gasteiger partial charge in [0.25, 0.3) is 0 Å². The number of aromatic nitrogens is 3. The Hall–Kier alpha value is -3.91. The molecule has 4 rings (SSSR count). The normalized spacial score (nSPS) is 11.6. The Morgan fingerprint density at radius 1 is 0.912 bits per heavy atom. The van der Waals surface area contributed by atoms with Crippen molar-refractivity contribution in [2.75, 3.05) is 12.9 Å². The molecule has 0 fully saturated rings. The molecule has 0 radical (unpaired) electrons. The van der Waals surface area contributed by atoms with E-state index in [0.29, 0.717) is 17.4 Å². The van der Waals surface area contributed by atoms with Crippen molar-refractivity contribution < 1.29 is 14.3 Å². The zero-order chi connectivity index (χ0) is 23.8. The minimum Gasteiger partial charge on any atom is -0.467 e. The summed E-state index contributed by atoms with van der Waals surface area (Å²) in [7, 11) is 1.31. The van der Waals surface area contributed by atoms with E-state index in [2.05, 4.69) is 15.5 Å². The second kappa shape index (κ2) is 11.3. The van der Waals surface area contributed by atoms with E-state index in [9.17, 15) is 9.59 Å². The summed E-state index contributed by atoms with van der Waals surface area (Å²) in [4.78, 5) is 25.0. The molecule has 0 saturated carbocycles. The highest BCUT2D eigenvalue weighted by Crippen LogP contribution is 2.27. The van der Waals surface area contributed by atoms with E-state index >= 15 is 0 Å². The molecule has 3 aromatic carbocycles. The third kappa shape index (κ3) is 5.71. The maximum Gasteiger partial charge on any atom is 0.328 e. The van der Waals surface area contributed by atoms with E-state index in [1.807, 2.05) is 95.6 Å². The van der Waals surface area contributed by atoms with Crippen LogP contribution in [0.5, 0.6) is 0 Å². The van der Waals surface area contributed by atoms with Crippen LogP contribution in [0.15, 0.2) is 96.2 Å². The number of amides is 1. The molecular weight excluding hydrogens is 448 g/mol. The molecule has 1 atom stereocenters. The zero-order valence-electron chi connectivity index (χ0n) is 18.6. The Morgan fingerprint density at radius 3 is 2.18 bits per heavy atom. The van der Waals surface area contributed by atoms with Crippen molar-refractivity contribution in [2.45, 2.75) is 17.6 Å². The molecule has 0 saturated heterocycles. The molecular formula is C26H24N4O3S. The lowest BCUT2D eigenvalue weighted by Crippen LogP contribution is -2.43. The van der Waals surface area contributed by atoms with E-state index in [1.54, 1.807) is 0 Å². The first kappa shape index (κ1) is 23.3. The van der Waals surface area contributed by atoms with Crippen LogP contribution in [0.4, 0.5) is 0 Å². The smallest absolute Gasteiger partial charge is 0.328 e. The van der Waals surface area contributed by atoms with Gasteiger partial charge in [-0.05, 0) is 17.7 Å². The van der Waals surface area contributed by atoms with Crippen LogP contribution in [0.25, 0.3) is 17.1 Å². The van der Waals surface area contributed by atoms with Crippen molar-refractivity contribution in [3.05, 3.63) is 96.6 Å². The maximum absolute atomic E-state index is 12.8. The summed E-state index contributed by atoms with van der Waals surface area (Å²) >= 11 is 1.26. The summed E-state index contributed by atoms with van der Waals surface area (Å²) in [6.45, 7) is 0. The lowest BCUT2D eigenvalue weighted by molar-refractivity contribution is -0.144. The number of ether oxygens (including phenoxy) is 1. The lowest BCUT2D eigenvalue weighted by atomic mass is 10.1. The van der Waals surface area contributed by atoms with Gasteiger partial charge in [-0.1, -0.05) is 90.6 Å². The highest BCUT2D eigenvalue weighted by molar-refractivity contribution is 7.99. The first-order valence-electron chi connectivity index (χ1n) is 10.8. The van der Waals surface area contributed by atoms with Gasteiger partial charge in [0.2, 0.25) is 5.91 Å². The predicted octanol–water partition coefficient (Wildman–Crippen LogP) is 3.93. The summed E-state index contributed by atoms with van der Waals surface area (Å²) < 4.78 is 6.82. The van der Waals surface area contributed by atoms with Crippen LogP contribution in [0, 0.1) is 0 Å². The van der Waals surface area contributed by atoms with Crippen LogP contribution in [-0.4, -0.2) is 45.5 Å². The molecule has 0 spiro atoms. The average Bonchev–Trinajstić information content (AvgIpc) is 3.32. The van der Waals surface area contributed by atoms with Gasteiger partial charge in [0, 0.05) is 17.7 Å². The molecule has 4 aromatic rings. The molecule has 1 N–H and O–H groups in total. The largest absolute Gasteiger partial charge is 0.467 e. The van der Waals surface area contributed by atoms with Crippen LogP contribution in [0.1, 0.15) is 5.56 Å². The van der Waals surface area contributed by atoms with Crippen molar-refractivity contribution in [1.82, 2.24) is 20.1 Å². The first-order valence-corrected chi connectivity index (χ1v) is 11.7. The summed E-state index contributed by atoms with van der Waals surface area (Å²) in [6, 6.07) is 28.2. The molecule has 172 valence electrons. The fourth-order valence-electron chi connectivity index (χ4n) is 3.50. The van der Waals surface area contributed by atoms with Gasteiger partial charge in [-0.2, -0.15) is 0 Å². The Bertz CT molecular complexity index is 1230. The maximum atomic E-state index is 12.8. The Morgan fingerprint density at radius 2 is 1.53 bits per heavy atom. The monoisotopic (exact) mass is 472 g/mol. The summed E-state index contributed by atoms with van der Waals surface area (Å²) in [5, 5.41) is 12.1.